The first-order valence-electron chi connectivity index (χ1n) is 9.69. The van der Waals surface area contributed by atoms with Crippen molar-refractivity contribution < 1.29 is 9.90 Å². The van der Waals surface area contributed by atoms with Crippen molar-refractivity contribution in [2.45, 2.75) is 43.6 Å². The molecule has 1 saturated carbocycles. The molecule has 27 heavy (non-hydrogen) atoms. The van der Waals surface area contributed by atoms with Crippen molar-refractivity contribution in [2.24, 2.45) is 0 Å². The van der Waals surface area contributed by atoms with E-state index in [1.165, 1.54) is 4.88 Å². The van der Waals surface area contributed by atoms with Crippen molar-refractivity contribution in [1.29, 1.82) is 0 Å². The Morgan fingerprint density at radius 2 is 1.85 bits per heavy atom. The Morgan fingerprint density at radius 1 is 1.07 bits per heavy atom. The second kappa shape index (κ2) is 7.83. The Hall–Kier alpha value is -2.17. The molecule has 0 saturated heterocycles. The highest BCUT2D eigenvalue weighted by Crippen LogP contribution is 2.43. The topological polar surface area (TPSA) is 49.3 Å². The number of fused-ring (bicyclic) bond motifs is 1. The highest BCUT2D eigenvalue weighted by atomic mass is 32.1. The normalized spacial score (nSPS) is 17.1. The van der Waals surface area contributed by atoms with Gasteiger partial charge in [0, 0.05) is 11.4 Å². The first-order chi connectivity index (χ1) is 13.2. The molecule has 3 nitrogen and oxygen atoms in total. The number of amides is 1. The summed E-state index contributed by atoms with van der Waals surface area (Å²) in [5.74, 6) is 0.118. The largest absolute Gasteiger partial charge is 0.388 e. The van der Waals surface area contributed by atoms with Gasteiger partial charge >= 0.3 is 0 Å². The first kappa shape index (κ1) is 18.2. The van der Waals surface area contributed by atoms with Gasteiger partial charge < -0.3 is 10.4 Å². The maximum Gasteiger partial charge on any atom is 0.231 e. The van der Waals surface area contributed by atoms with E-state index in [0.717, 1.165) is 42.0 Å². The molecule has 0 bridgehead atoms. The number of carbonyl (C=O) groups excluding carboxylic acids is 1. The summed E-state index contributed by atoms with van der Waals surface area (Å²) in [5, 5.41) is 18.1. The summed E-state index contributed by atoms with van der Waals surface area (Å²) in [6, 6.07) is 18.2. The lowest BCUT2D eigenvalue weighted by molar-refractivity contribution is -0.126. The van der Waals surface area contributed by atoms with Gasteiger partial charge in [0.15, 0.2) is 0 Å². The lowest BCUT2D eigenvalue weighted by Crippen LogP contribution is -2.42. The van der Waals surface area contributed by atoms with Crippen molar-refractivity contribution in [1.82, 2.24) is 5.32 Å². The van der Waals surface area contributed by atoms with Crippen LogP contribution in [-0.4, -0.2) is 17.6 Å². The molecule has 2 N–H and O–H groups in total. The SMILES string of the molecule is O=C(NCCC(O)c1cccc2ccccc12)C1(c2cccs2)CCCC1. The number of hydrogen-bond donors (Lipinski definition) is 2. The molecule has 0 radical (unpaired) electrons. The molecule has 1 aromatic heterocycles. The summed E-state index contributed by atoms with van der Waals surface area (Å²) >= 11 is 1.68. The van der Waals surface area contributed by atoms with E-state index in [1.54, 1.807) is 11.3 Å². The summed E-state index contributed by atoms with van der Waals surface area (Å²) in [6.07, 6.45) is 3.97. The third-order valence-electron chi connectivity index (χ3n) is 5.77. The van der Waals surface area contributed by atoms with E-state index >= 15 is 0 Å². The number of aliphatic hydroxyl groups is 1. The highest BCUT2D eigenvalue weighted by molar-refractivity contribution is 7.10. The maximum atomic E-state index is 13.0. The van der Waals surface area contributed by atoms with Crippen LogP contribution in [0.25, 0.3) is 10.8 Å². The fourth-order valence-corrected chi connectivity index (χ4v) is 5.29. The quantitative estimate of drug-likeness (QED) is 0.636. The Kier molecular flexibility index (Phi) is 5.28. The molecule has 1 heterocycles. The number of nitrogens with one attached hydrogen (secondary N) is 1. The summed E-state index contributed by atoms with van der Waals surface area (Å²) in [6.45, 7) is 0.482. The van der Waals surface area contributed by atoms with Gasteiger partial charge in [-0.25, -0.2) is 0 Å². The number of thiophene rings is 1. The summed E-state index contributed by atoms with van der Waals surface area (Å²) in [4.78, 5) is 14.2. The number of hydrogen-bond acceptors (Lipinski definition) is 3. The van der Waals surface area contributed by atoms with E-state index in [1.807, 2.05) is 41.8 Å². The van der Waals surface area contributed by atoms with Crippen molar-refractivity contribution >= 4 is 28.0 Å². The molecule has 1 unspecified atom stereocenters. The van der Waals surface area contributed by atoms with E-state index in [2.05, 4.69) is 23.5 Å². The molecule has 140 valence electrons. The highest BCUT2D eigenvalue weighted by Gasteiger charge is 2.43. The summed E-state index contributed by atoms with van der Waals surface area (Å²) in [7, 11) is 0. The molecule has 1 aliphatic carbocycles. The minimum atomic E-state index is -0.585. The van der Waals surface area contributed by atoms with E-state index in [0.29, 0.717) is 13.0 Å². The Balaban J connectivity index is 1.42. The smallest absolute Gasteiger partial charge is 0.231 e. The van der Waals surface area contributed by atoms with Crippen molar-refractivity contribution in [2.75, 3.05) is 6.54 Å². The summed E-state index contributed by atoms with van der Waals surface area (Å²) < 4.78 is 0. The molecule has 4 heteroatoms. The maximum absolute atomic E-state index is 13.0. The van der Waals surface area contributed by atoms with Crippen LogP contribution < -0.4 is 5.32 Å². The van der Waals surface area contributed by atoms with Crippen LogP contribution in [0.15, 0.2) is 60.0 Å². The van der Waals surface area contributed by atoms with E-state index in [-0.39, 0.29) is 11.3 Å². The van der Waals surface area contributed by atoms with Crippen molar-refractivity contribution in [3.8, 4) is 0 Å². The van der Waals surface area contributed by atoms with Gasteiger partial charge in [-0.15, -0.1) is 11.3 Å². The van der Waals surface area contributed by atoms with Crippen LogP contribution in [0, 0.1) is 0 Å². The average molecular weight is 380 g/mol. The predicted octanol–water partition coefficient (Wildman–Crippen LogP) is 4.95. The second-order valence-electron chi connectivity index (χ2n) is 7.40. The minimum absolute atomic E-state index is 0.118. The number of benzene rings is 2. The molecular formula is C23H25NO2S. The number of carbonyl (C=O) groups is 1. The lowest BCUT2D eigenvalue weighted by atomic mass is 9.83. The van der Waals surface area contributed by atoms with Crippen LogP contribution in [0.4, 0.5) is 0 Å². The van der Waals surface area contributed by atoms with Gasteiger partial charge in [-0.3, -0.25) is 4.79 Å². The third-order valence-corrected chi connectivity index (χ3v) is 6.84. The van der Waals surface area contributed by atoms with Crippen LogP contribution in [0.2, 0.25) is 0 Å². The molecule has 1 atom stereocenters. The van der Waals surface area contributed by atoms with Gasteiger partial charge in [-0.2, -0.15) is 0 Å². The fourth-order valence-electron chi connectivity index (χ4n) is 4.30. The zero-order valence-corrected chi connectivity index (χ0v) is 16.2. The number of rotatable bonds is 6. The Morgan fingerprint density at radius 3 is 2.63 bits per heavy atom. The zero-order chi connectivity index (χ0) is 18.7. The summed E-state index contributed by atoms with van der Waals surface area (Å²) in [5.41, 5.74) is 0.564. The molecule has 0 aliphatic heterocycles. The van der Waals surface area contributed by atoms with Crippen molar-refractivity contribution in [3.63, 3.8) is 0 Å². The molecule has 4 rings (SSSR count). The van der Waals surface area contributed by atoms with Crippen LogP contribution >= 0.6 is 11.3 Å². The van der Waals surface area contributed by atoms with Gasteiger partial charge in [0.25, 0.3) is 0 Å². The van der Waals surface area contributed by atoms with Gasteiger partial charge in [-0.1, -0.05) is 61.4 Å². The molecule has 1 fully saturated rings. The standard InChI is InChI=1S/C23H25NO2S/c25-20(19-10-5-8-17-7-1-2-9-18(17)19)12-15-24-22(26)23(13-3-4-14-23)21-11-6-16-27-21/h1-2,5-11,16,20,25H,3-4,12-15H2,(H,24,26). The Labute approximate surface area is 164 Å². The van der Waals surface area contributed by atoms with E-state index < -0.39 is 6.10 Å². The molecule has 1 amide bonds. The van der Waals surface area contributed by atoms with E-state index in [4.69, 9.17) is 0 Å². The van der Waals surface area contributed by atoms with Crippen LogP contribution in [0.1, 0.15) is 48.6 Å². The molecule has 2 aromatic carbocycles. The van der Waals surface area contributed by atoms with Gasteiger partial charge in [-0.05, 0) is 47.0 Å². The molecule has 1 aliphatic rings. The van der Waals surface area contributed by atoms with Crippen LogP contribution in [0.5, 0.6) is 0 Å². The minimum Gasteiger partial charge on any atom is -0.388 e. The van der Waals surface area contributed by atoms with Crippen LogP contribution in [-0.2, 0) is 10.2 Å². The monoisotopic (exact) mass is 379 g/mol. The van der Waals surface area contributed by atoms with Gasteiger partial charge in [0.2, 0.25) is 5.91 Å². The van der Waals surface area contributed by atoms with E-state index in [9.17, 15) is 9.90 Å². The van der Waals surface area contributed by atoms with Crippen molar-refractivity contribution in [3.05, 3.63) is 70.4 Å². The average Bonchev–Trinajstić information content (AvgIpc) is 3.39. The van der Waals surface area contributed by atoms with Crippen LogP contribution in [0.3, 0.4) is 0 Å². The molecule has 3 aromatic rings. The molecular weight excluding hydrogens is 354 g/mol. The first-order valence-corrected chi connectivity index (χ1v) is 10.6. The second-order valence-corrected chi connectivity index (χ2v) is 8.34. The number of aliphatic hydroxyl groups excluding tert-OH is 1. The fraction of sp³-hybridized carbons (Fsp3) is 0.348. The van der Waals surface area contributed by atoms with Gasteiger partial charge in [0.05, 0.1) is 11.5 Å². The molecule has 0 spiro atoms. The lowest BCUT2D eigenvalue weighted by Gasteiger charge is -2.27. The third kappa shape index (κ3) is 3.52. The predicted molar refractivity (Wildman–Crippen MR) is 111 cm³/mol. The van der Waals surface area contributed by atoms with Gasteiger partial charge in [0.1, 0.15) is 0 Å². The Bertz CT molecular complexity index is 908. The zero-order valence-electron chi connectivity index (χ0n) is 15.4.